The molecule has 4 aromatic rings. The molecule has 0 fully saturated rings. The predicted octanol–water partition coefficient (Wildman–Crippen LogP) is 6.40. The SMILES string of the molecule is COc1ccc(/C=C/C(=O)Nc2c(C)nn(Cc3ccc(C)cc3)c2C)cc1COc1ccc(C)cc1. The first kappa shape index (κ1) is 25.8. The maximum atomic E-state index is 12.8. The number of hydrogen-bond donors (Lipinski definition) is 1. The molecular formula is C31H33N3O3. The molecule has 1 heterocycles. The smallest absolute Gasteiger partial charge is 0.248 e. The van der Waals surface area contributed by atoms with Gasteiger partial charge in [-0.3, -0.25) is 9.48 Å². The number of nitrogens with one attached hydrogen (secondary N) is 1. The Hall–Kier alpha value is -4.32. The second-order valence-electron chi connectivity index (χ2n) is 9.18. The van der Waals surface area contributed by atoms with Gasteiger partial charge >= 0.3 is 0 Å². The molecule has 0 spiro atoms. The Bertz CT molecular complexity index is 1400. The Balaban J connectivity index is 1.42. The van der Waals surface area contributed by atoms with Gasteiger partial charge in [-0.05, 0) is 69.2 Å². The molecule has 1 amide bonds. The highest BCUT2D eigenvalue weighted by atomic mass is 16.5. The molecular weight excluding hydrogens is 462 g/mol. The maximum Gasteiger partial charge on any atom is 0.248 e. The lowest BCUT2D eigenvalue weighted by Gasteiger charge is -2.11. The Morgan fingerprint density at radius 3 is 2.30 bits per heavy atom. The van der Waals surface area contributed by atoms with Crippen LogP contribution in [0.25, 0.3) is 6.08 Å². The highest BCUT2D eigenvalue weighted by molar-refractivity contribution is 6.02. The van der Waals surface area contributed by atoms with Crippen molar-refractivity contribution in [1.29, 1.82) is 0 Å². The zero-order valence-electron chi connectivity index (χ0n) is 22.0. The van der Waals surface area contributed by atoms with Crippen LogP contribution in [0.1, 0.15) is 39.2 Å². The largest absolute Gasteiger partial charge is 0.496 e. The van der Waals surface area contributed by atoms with Gasteiger partial charge in [-0.2, -0.15) is 5.10 Å². The summed E-state index contributed by atoms with van der Waals surface area (Å²) in [6.07, 6.45) is 3.31. The van der Waals surface area contributed by atoms with E-state index in [-0.39, 0.29) is 5.91 Å². The number of hydrogen-bond acceptors (Lipinski definition) is 4. The number of nitrogens with zero attached hydrogens (tertiary/aromatic N) is 2. The number of amides is 1. The van der Waals surface area contributed by atoms with E-state index in [2.05, 4.69) is 41.6 Å². The number of ether oxygens (including phenoxy) is 2. The van der Waals surface area contributed by atoms with Crippen molar-refractivity contribution in [2.45, 2.75) is 40.8 Å². The lowest BCUT2D eigenvalue weighted by atomic mass is 10.1. The molecule has 0 saturated heterocycles. The fourth-order valence-corrected chi connectivity index (χ4v) is 4.05. The van der Waals surface area contributed by atoms with Gasteiger partial charge in [0.05, 0.1) is 30.7 Å². The monoisotopic (exact) mass is 495 g/mol. The van der Waals surface area contributed by atoms with Gasteiger partial charge in [0, 0.05) is 11.6 Å². The summed E-state index contributed by atoms with van der Waals surface area (Å²) in [5.74, 6) is 1.32. The van der Waals surface area contributed by atoms with Gasteiger partial charge in [0.25, 0.3) is 0 Å². The summed E-state index contributed by atoms with van der Waals surface area (Å²) in [4.78, 5) is 12.8. The number of rotatable bonds is 9. The van der Waals surface area contributed by atoms with Gasteiger partial charge in [-0.25, -0.2) is 0 Å². The summed E-state index contributed by atoms with van der Waals surface area (Å²) >= 11 is 0. The minimum Gasteiger partial charge on any atom is -0.496 e. The molecule has 0 aliphatic rings. The summed E-state index contributed by atoms with van der Waals surface area (Å²) in [7, 11) is 1.64. The second kappa shape index (κ2) is 11.6. The molecule has 0 atom stereocenters. The number of anilines is 1. The summed E-state index contributed by atoms with van der Waals surface area (Å²) < 4.78 is 13.4. The minimum absolute atomic E-state index is 0.214. The Morgan fingerprint density at radius 2 is 1.62 bits per heavy atom. The molecule has 3 aromatic carbocycles. The third-order valence-electron chi connectivity index (χ3n) is 6.23. The first-order chi connectivity index (χ1) is 17.8. The van der Waals surface area contributed by atoms with E-state index < -0.39 is 0 Å². The first-order valence-electron chi connectivity index (χ1n) is 12.3. The van der Waals surface area contributed by atoms with E-state index in [1.165, 1.54) is 17.2 Å². The molecule has 1 aromatic heterocycles. The lowest BCUT2D eigenvalue weighted by Crippen LogP contribution is -2.10. The zero-order chi connectivity index (χ0) is 26.4. The molecule has 190 valence electrons. The van der Waals surface area contributed by atoms with Crippen molar-refractivity contribution in [3.05, 3.63) is 112 Å². The number of methoxy groups -OCH3 is 1. The highest BCUT2D eigenvalue weighted by Gasteiger charge is 2.13. The number of benzene rings is 3. The highest BCUT2D eigenvalue weighted by Crippen LogP contribution is 2.24. The van der Waals surface area contributed by atoms with Crippen LogP contribution >= 0.6 is 0 Å². The third kappa shape index (κ3) is 6.67. The zero-order valence-corrected chi connectivity index (χ0v) is 22.0. The van der Waals surface area contributed by atoms with Crippen molar-refractivity contribution in [2.75, 3.05) is 12.4 Å². The minimum atomic E-state index is -0.214. The summed E-state index contributed by atoms with van der Waals surface area (Å²) in [6.45, 7) is 8.99. The van der Waals surface area contributed by atoms with Crippen LogP contribution in [0.2, 0.25) is 0 Å². The first-order valence-corrected chi connectivity index (χ1v) is 12.3. The van der Waals surface area contributed by atoms with E-state index in [1.807, 2.05) is 67.9 Å². The van der Waals surface area contributed by atoms with Gasteiger partial charge in [0.1, 0.15) is 18.1 Å². The predicted molar refractivity (Wildman–Crippen MR) is 148 cm³/mol. The van der Waals surface area contributed by atoms with E-state index >= 15 is 0 Å². The third-order valence-corrected chi connectivity index (χ3v) is 6.23. The molecule has 6 nitrogen and oxygen atoms in total. The second-order valence-corrected chi connectivity index (χ2v) is 9.18. The fourth-order valence-electron chi connectivity index (χ4n) is 4.05. The molecule has 0 radical (unpaired) electrons. The molecule has 37 heavy (non-hydrogen) atoms. The molecule has 1 N–H and O–H groups in total. The molecule has 0 aliphatic heterocycles. The molecule has 0 saturated carbocycles. The van der Waals surface area contributed by atoms with E-state index in [0.717, 1.165) is 45.3 Å². The van der Waals surface area contributed by atoms with Gasteiger partial charge in [0.15, 0.2) is 0 Å². The summed E-state index contributed by atoms with van der Waals surface area (Å²) in [6, 6.07) is 22.1. The van der Waals surface area contributed by atoms with Crippen LogP contribution in [0, 0.1) is 27.7 Å². The fraction of sp³-hybridized carbons (Fsp3) is 0.226. The average molecular weight is 496 g/mol. The lowest BCUT2D eigenvalue weighted by molar-refractivity contribution is -0.111. The van der Waals surface area contributed by atoms with Gasteiger partial charge in [0.2, 0.25) is 5.91 Å². The Morgan fingerprint density at radius 1 is 0.946 bits per heavy atom. The quantitative estimate of drug-likeness (QED) is 0.273. The molecule has 0 unspecified atom stereocenters. The summed E-state index contributed by atoms with van der Waals surface area (Å²) in [5.41, 5.74) is 7.78. The number of carbonyl (C=O) groups is 1. The van der Waals surface area contributed by atoms with Gasteiger partial charge in [-0.1, -0.05) is 53.6 Å². The molecule has 0 aliphatic carbocycles. The van der Waals surface area contributed by atoms with Crippen LogP contribution in [-0.4, -0.2) is 22.8 Å². The van der Waals surface area contributed by atoms with Crippen LogP contribution in [0.4, 0.5) is 5.69 Å². The van der Waals surface area contributed by atoms with Crippen LogP contribution < -0.4 is 14.8 Å². The van der Waals surface area contributed by atoms with E-state index in [9.17, 15) is 4.79 Å². The average Bonchev–Trinajstić information content (AvgIpc) is 3.15. The normalized spacial score (nSPS) is 11.1. The van der Waals surface area contributed by atoms with Crippen molar-refractivity contribution >= 4 is 17.7 Å². The van der Waals surface area contributed by atoms with Crippen LogP contribution in [0.15, 0.2) is 72.8 Å². The number of aromatic nitrogens is 2. The molecule has 0 bridgehead atoms. The van der Waals surface area contributed by atoms with E-state index in [1.54, 1.807) is 13.2 Å². The summed E-state index contributed by atoms with van der Waals surface area (Å²) in [5, 5.41) is 7.62. The van der Waals surface area contributed by atoms with Gasteiger partial charge in [-0.15, -0.1) is 0 Å². The Labute approximate surface area is 218 Å². The maximum absolute atomic E-state index is 12.8. The van der Waals surface area contributed by atoms with Crippen LogP contribution in [-0.2, 0) is 17.9 Å². The standard InChI is InChI=1S/C31H33N3O3/c1-21-6-10-26(11-7-21)19-34-24(4)31(23(3)33-34)32-30(35)17-13-25-12-16-29(36-5)27(18-25)20-37-28-14-8-22(2)9-15-28/h6-18H,19-20H2,1-5H3,(H,32,35)/b17-13+. The van der Waals surface area contributed by atoms with Gasteiger partial charge < -0.3 is 14.8 Å². The van der Waals surface area contributed by atoms with Crippen molar-refractivity contribution < 1.29 is 14.3 Å². The Kier molecular flexibility index (Phi) is 8.08. The number of aryl methyl sites for hydroxylation is 3. The van der Waals surface area contributed by atoms with Crippen molar-refractivity contribution in [3.63, 3.8) is 0 Å². The van der Waals surface area contributed by atoms with Crippen molar-refractivity contribution in [2.24, 2.45) is 0 Å². The van der Waals surface area contributed by atoms with E-state index in [0.29, 0.717) is 13.2 Å². The number of carbonyl (C=O) groups excluding carboxylic acids is 1. The molecule has 6 heteroatoms. The van der Waals surface area contributed by atoms with Crippen molar-refractivity contribution in [3.8, 4) is 11.5 Å². The topological polar surface area (TPSA) is 65.4 Å². The van der Waals surface area contributed by atoms with Crippen LogP contribution in [0.3, 0.4) is 0 Å². The van der Waals surface area contributed by atoms with Crippen molar-refractivity contribution in [1.82, 2.24) is 9.78 Å². The molecule has 4 rings (SSSR count). The van der Waals surface area contributed by atoms with E-state index in [4.69, 9.17) is 9.47 Å². The van der Waals surface area contributed by atoms with Crippen LogP contribution in [0.5, 0.6) is 11.5 Å².